The van der Waals surface area contributed by atoms with Gasteiger partial charge in [-0.25, -0.2) is 0 Å². The highest BCUT2D eigenvalue weighted by Crippen LogP contribution is 2.39. The van der Waals surface area contributed by atoms with Crippen molar-refractivity contribution in [2.45, 2.75) is 13.1 Å². The molecule has 0 fully saturated rings. The molecule has 6 heteroatoms. The molecule has 16 heavy (non-hydrogen) atoms. The van der Waals surface area contributed by atoms with Gasteiger partial charge in [-0.3, -0.25) is 4.79 Å². The molecular weight excluding hydrogens is 336 g/mol. The number of carbonyl (C=O) groups excluding carboxylic acids is 1. The minimum Gasteiger partial charge on any atom is -0.495 e. The largest absolute Gasteiger partial charge is 0.495 e. The summed E-state index contributed by atoms with van der Waals surface area (Å²) < 4.78 is 42.6. The smallest absolute Gasteiger partial charge is 0.420 e. The van der Waals surface area contributed by atoms with Crippen LogP contribution in [-0.2, 0) is 6.18 Å². The fraction of sp³-hybridized carbons (Fsp3) is 0.300. The number of benzene rings is 1. The van der Waals surface area contributed by atoms with Crippen molar-refractivity contribution < 1.29 is 22.7 Å². The minimum absolute atomic E-state index is 0.183. The molecule has 0 unspecified atom stereocenters. The van der Waals surface area contributed by atoms with Crippen molar-refractivity contribution in [2.24, 2.45) is 0 Å². The van der Waals surface area contributed by atoms with Crippen LogP contribution in [-0.4, -0.2) is 12.9 Å². The number of Topliss-reactive ketones (excluding diaryl/α,β-unsaturated/α-hetero) is 1. The van der Waals surface area contributed by atoms with E-state index in [1.165, 1.54) is 6.92 Å². The van der Waals surface area contributed by atoms with Gasteiger partial charge in [0.15, 0.2) is 5.78 Å². The van der Waals surface area contributed by atoms with Crippen molar-refractivity contribution in [1.29, 1.82) is 0 Å². The molecule has 2 nitrogen and oxygen atoms in total. The molecule has 1 rings (SSSR count). The molecule has 0 amide bonds. The Morgan fingerprint density at radius 3 is 2.31 bits per heavy atom. The van der Waals surface area contributed by atoms with Crippen LogP contribution in [0, 0.1) is 3.57 Å². The van der Waals surface area contributed by atoms with Gasteiger partial charge in [-0.15, -0.1) is 0 Å². The van der Waals surface area contributed by atoms with Gasteiger partial charge in [-0.05, 0) is 41.6 Å². The van der Waals surface area contributed by atoms with Crippen molar-refractivity contribution >= 4 is 28.4 Å². The van der Waals surface area contributed by atoms with Crippen LogP contribution in [0.15, 0.2) is 12.1 Å². The minimum atomic E-state index is -4.49. The number of ether oxygens (including phenoxy) is 1. The van der Waals surface area contributed by atoms with Crippen molar-refractivity contribution in [3.8, 4) is 5.75 Å². The van der Waals surface area contributed by atoms with E-state index in [4.69, 9.17) is 4.74 Å². The van der Waals surface area contributed by atoms with E-state index >= 15 is 0 Å². The Morgan fingerprint density at radius 2 is 1.94 bits per heavy atom. The molecular formula is C10H8F3IO2. The summed E-state index contributed by atoms with van der Waals surface area (Å²) in [7, 11) is 1.15. The van der Waals surface area contributed by atoms with E-state index in [-0.39, 0.29) is 20.7 Å². The number of rotatable bonds is 2. The molecule has 0 aliphatic carbocycles. The normalized spacial score (nSPS) is 11.4. The van der Waals surface area contributed by atoms with Gasteiger partial charge < -0.3 is 4.74 Å². The average Bonchev–Trinajstić information content (AvgIpc) is 2.15. The highest BCUT2D eigenvalue weighted by atomic mass is 127. The van der Waals surface area contributed by atoms with Gasteiger partial charge in [0, 0.05) is 5.56 Å². The molecule has 88 valence electrons. The third-order valence-corrected chi connectivity index (χ3v) is 3.06. The standard InChI is InChI=1S/C10H8F3IO2/c1-5(15)6-3-4-7(10(11,12)13)9(16-2)8(6)14/h3-4H,1-2H3. The summed E-state index contributed by atoms with van der Waals surface area (Å²) in [5.41, 5.74) is -0.644. The monoisotopic (exact) mass is 344 g/mol. The summed E-state index contributed by atoms with van der Waals surface area (Å²) in [5.74, 6) is -0.600. The lowest BCUT2D eigenvalue weighted by molar-refractivity contribution is -0.138. The molecule has 0 heterocycles. The second-order valence-corrected chi connectivity index (χ2v) is 4.14. The summed E-state index contributed by atoms with van der Waals surface area (Å²) in [6.45, 7) is 1.30. The summed E-state index contributed by atoms with van der Waals surface area (Å²) in [4.78, 5) is 11.2. The van der Waals surface area contributed by atoms with Gasteiger partial charge in [-0.2, -0.15) is 13.2 Å². The quantitative estimate of drug-likeness (QED) is 0.606. The zero-order valence-corrected chi connectivity index (χ0v) is 10.6. The maximum Gasteiger partial charge on any atom is 0.420 e. The van der Waals surface area contributed by atoms with E-state index in [1.54, 1.807) is 22.6 Å². The molecule has 0 aliphatic heterocycles. The van der Waals surface area contributed by atoms with Crippen LogP contribution in [0.1, 0.15) is 22.8 Å². The first-order chi connectivity index (χ1) is 7.29. The van der Waals surface area contributed by atoms with Crippen molar-refractivity contribution in [3.63, 3.8) is 0 Å². The molecule has 0 radical (unpaired) electrons. The summed E-state index contributed by atoms with van der Waals surface area (Å²) >= 11 is 1.68. The third kappa shape index (κ3) is 2.47. The SMILES string of the molecule is COc1c(C(F)(F)F)ccc(C(C)=O)c1I. The van der Waals surface area contributed by atoms with Crippen LogP contribution in [0.2, 0.25) is 0 Å². The Kier molecular flexibility index (Phi) is 3.82. The predicted octanol–water partition coefficient (Wildman–Crippen LogP) is 3.52. The van der Waals surface area contributed by atoms with E-state index in [1.807, 2.05) is 0 Å². The maximum absolute atomic E-state index is 12.6. The molecule has 0 N–H and O–H groups in total. The zero-order valence-electron chi connectivity index (χ0n) is 8.48. The average molecular weight is 344 g/mol. The molecule has 0 saturated heterocycles. The van der Waals surface area contributed by atoms with Gasteiger partial charge in [0.05, 0.1) is 16.2 Å². The van der Waals surface area contributed by atoms with Gasteiger partial charge in [0.2, 0.25) is 0 Å². The lowest BCUT2D eigenvalue weighted by Gasteiger charge is -2.14. The van der Waals surface area contributed by atoms with Gasteiger partial charge in [0.25, 0.3) is 0 Å². The van der Waals surface area contributed by atoms with Crippen LogP contribution in [0.5, 0.6) is 5.75 Å². The fourth-order valence-corrected chi connectivity index (χ4v) is 2.32. The van der Waals surface area contributed by atoms with Crippen LogP contribution in [0.25, 0.3) is 0 Å². The lowest BCUT2D eigenvalue weighted by atomic mass is 10.1. The molecule has 0 atom stereocenters. The second kappa shape index (κ2) is 4.60. The number of methoxy groups -OCH3 is 1. The summed E-state index contributed by atoms with van der Waals surface area (Å²) in [6, 6.07) is 2.02. The van der Waals surface area contributed by atoms with Crippen molar-refractivity contribution in [1.82, 2.24) is 0 Å². The topological polar surface area (TPSA) is 26.3 Å². The lowest BCUT2D eigenvalue weighted by Crippen LogP contribution is -2.10. The highest BCUT2D eigenvalue weighted by Gasteiger charge is 2.35. The van der Waals surface area contributed by atoms with Gasteiger partial charge in [-0.1, -0.05) is 0 Å². The van der Waals surface area contributed by atoms with Crippen LogP contribution in [0.3, 0.4) is 0 Å². The number of hydrogen-bond donors (Lipinski definition) is 0. The van der Waals surface area contributed by atoms with E-state index in [0.717, 1.165) is 19.2 Å². The molecule has 0 spiro atoms. The first kappa shape index (κ1) is 13.3. The molecule has 0 aliphatic rings. The van der Waals surface area contributed by atoms with Crippen LogP contribution >= 0.6 is 22.6 Å². The first-order valence-electron chi connectivity index (χ1n) is 4.23. The van der Waals surface area contributed by atoms with E-state index in [2.05, 4.69) is 0 Å². The van der Waals surface area contributed by atoms with Crippen molar-refractivity contribution in [2.75, 3.05) is 7.11 Å². The van der Waals surface area contributed by atoms with Gasteiger partial charge in [0.1, 0.15) is 5.75 Å². The number of ketones is 1. The Hall–Kier alpha value is -0.790. The first-order valence-corrected chi connectivity index (χ1v) is 5.31. The molecule has 0 saturated carbocycles. The molecule has 1 aromatic rings. The molecule has 0 aromatic heterocycles. The summed E-state index contributed by atoms with van der Waals surface area (Å²) in [6.07, 6.45) is -4.49. The number of carbonyl (C=O) groups is 1. The Balaban J connectivity index is 3.47. The predicted molar refractivity (Wildman–Crippen MR) is 60.7 cm³/mol. The van der Waals surface area contributed by atoms with Crippen LogP contribution < -0.4 is 4.74 Å². The van der Waals surface area contributed by atoms with Crippen molar-refractivity contribution in [3.05, 3.63) is 26.8 Å². The second-order valence-electron chi connectivity index (χ2n) is 3.06. The fourth-order valence-electron chi connectivity index (χ4n) is 1.25. The third-order valence-electron chi connectivity index (χ3n) is 1.99. The molecule has 0 bridgehead atoms. The van der Waals surface area contributed by atoms with Gasteiger partial charge >= 0.3 is 6.18 Å². The summed E-state index contributed by atoms with van der Waals surface area (Å²) in [5, 5.41) is 0. The number of alkyl halides is 3. The van der Waals surface area contributed by atoms with E-state index in [9.17, 15) is 18.0 Å². The Morgan fingerprint density at radius 1 is 1.38 bits per heavy atom. The highest BCUT2D eigenvalue weighted by molar-refractivity contribution is 14.1. The number of hydrogen-bond acceptors (Lipinski definition) is 2. The molecule has 1 aromatic carbocycles. The Bertz CT molecular complexity index is 427. The van der Waals surface area contributed by atoms with Crippen LogP contribution in [0.4, 0.5) is 13.2 Å². The maximum atomic E-state index is 12.6. The number of halogens is 4. The Labute approximate surface area is 104 Å². The van der Waals surface area contributed by atoms with E-state index in [0.29, 0.717) is 0 Å². The van der Waals surface area contributed by atoms with E-state index < -0.39 is 11.7 Å². The zero-order chi connectivity index (χ0) is 12.5.